The molecule has 0 unspecified atom stereocenters. The van der Waals surface area contributed by atoms with Gasteiger partial charge in [0.15, 0.2) is 0 Å². The summed E-state index contributed by atoms with van der Waals surface area (Å²) < 4.78 is 5.22. The van der Waals surface area contributed by atoms with Crippen LogP contribution in [0.3, 0.4) is 0 Å². The Balaban J connectivity index is 1.67. The molecule has 0 spiro atoms. The maximum absolute atomic E-state index is 12.8. The maximum atomic E-state index is 12.8. The highest BCUT2D eigenvalue weighted by molar-refractivity contribution is 6.31. The summed E-state index contributed by atoms with van der Waals surface area (Å²) in [5, 5.41) is 3.18. The van der Waals surface area contributed by atoms with Crippen LogP contribution in [0.5, 0.6) is 5.75 Å². The molecule has 0 atom stereocenters. The quantitative estimate of drug-likeness (QED) is 0.763. The minimum absolute atomic E-state index is 0.0676. The molecule has 0 aromatic heterocycles. The summed E-state index contributed by atoms with van der Waals surface area (Å²) in [4.78, 5) is 40.4. The number of carbonyl (C=O) groups excluding carboxylic acids is 3. The Morgan fingerprint density at radius 1 is 1.20 bits per heavy atom. The van der Waals surface area contributed by atoms with Crippen LogP contribution in [-0.2, 0) is 16.0 Å². The molecule has 1 aliphatic heterocycles. The number of likely N-dealkylation sites (N-methyl/N-ethyl adjacent to an activating group) is 1. The van der Waals surface area contributed by atoms with Crippen molar-refractivity contribution in [1.29, 1.82) is 0 Å². The number of hydrogen-bond acceptors (Lipinski definition) is 4. The van der Waals surface area contributed by atoms with E-state index in [9.17, 15) is 14.4 Å². The number of fused-ring (bicyclic) bond motifs is 1. The predicted molar refractivity (Wildman–Crippen MR) is 116 cm³/mol. The minimum Gasteiger partial charge on any atom is -0.495 e. The lowest BCUT2D eigenvalue weighted by atomic mass is 10.1. The van der Waals surface area contributed by atoms with Gasteiger partial charge in [-0.15, -0.1) is 0 Å². The van der Waals surface area contributed by atoms with Crippen molar-refractivity contribution in [1.82, 2.24) is 4.90 Å². The van der Waals surface area contributed by atoms with Gasteiger partial charge in [-0.25, -0.2) is 0 Å². The number of benzene rings is 2. The number of ether oxygens (including phenoxy) is 1. The highest BCUT2D eigenvalue weighted by atomic mass is 35.5. The van der Waals surface area contributed by atoms with E-state index < -0.39 is 0 Å². The molecule has 0 bridgehead atoms. The molecule has 2 aromatic carbocycles. The molecule has 7 nitrogen and oxygen atoms in total. The van der Waals surface area contributed by atoms with Crippen LogP contribution in [0.1, 0.15) is 29.3 Å². The number of carbonyl (C=O) groups is 3. The van der Waals surface area contributed by atoms with Crippen LogP contribution in [0.15, 0.2) is 36.4 Å². The van der Waals surface area contributed by atoms with Gasteiger partial charge < -0.3 is 19.9 Å². The van der Waals surface area contributed by atoms with Crippen molar-refractivity contribution < 1.29 is 19.1 Å². The van der Waals surface area contributed by atoms with Crippen LogP contribution < -0.4 is 15.0 Å². The zero-order valence-electron chi connectivity index (χ0n) is 17.2. The number of anilines is 2. The zero-order valence-corrected chi connectivity index (χ0v) is 18.0. The van der Waals surface area contributed by atoms with Crippen LogP contribution in [0.2, 0.25) is 5.02 Å². The van der Waals surface area contributed by atoms with Crippen molar-refractivity contribution >= 4 is 40.7 Å². The third-order valence-electron chi connectivity index (χ3n) is 4.99. The lowest BCUT2D eigenvalue weighted by Crippen LogP contribution is -2.35. The van der Waals surface area contributed by atoms with E-state index in [2.05, 4.69) is 5.32 Å². The summed E-state index contributed by atoms with van der Waals surface area (Å²) >= 11 is 5.98. The average molecular weight is 430 g/mol. The van der Waals surface area contributed by atoms with Crippen molar-refractivity contribution in [3.05, 3.63) is 52.5 Å². The summed E-state index contributed by atoms with van der Waals surface area (Å²) in [6.45, 7) is 2.32. The number of hydrogen-bond donors (Lipinski definition) is 1. The Morgan fingerprint density at radius 3 is 2.67 bits per heavy atom. The lowest BCUT2D eigenvalue weighted by Gasteiger charge is -2.19. The fourth-order valence-corrected chi connectivity index (χ4v) is 3.63. The summed E-state index contributed by atoms with van der Waals surface area (Å²) in [6.07, 6.45) is 1.15. The van der Waals surface area contributed by atoms with E-state index in [4.69, 9.17) is 16.3 Å². The third kappa shape index (κ3) is 4.57. The standard InChI is InChI=1S/C22H24ClN3O4/c1-4-21(28)26-10-9-14-11-15(5-7-18(14)26)22(29)25(2)13-20(27)24-17-12-16(23)6-8-19(17)30-3/h5-8,11-12H,4,9-10,13H2,1-3H3,(H,24,27). The van der Waals surface area contributed by atoms with Crippen LogP contribution in [0.25, 0.3) is 0 Å². The van der Waals surface area contributed by atoms with Gasteiger partial charge in [0, 0.05) is 36.3 Å². The SMILES string of the molecule is CCC(=O)N1CCc2cc(C(=O)N(C)CC(=O)Nc3cc(Cl)ccc3OC)ccc21. The van der Waals surface area contributed by atoms with Gasteiger partial charge in [0.25, 0.3) is 5.91 Å². The van der Waals surface area contributed by atoms with E-state index in [0.717, 1.165) is 11.3 Å². The van der Waals surface area contributed by atoms with E-state index in [-0.39, 0.29) is 24.3 Å². The Bertz CT molecular complexity index is 992. The van der Waals surface area contributed by atoms with E-state index in [1.54, 1.807) is 48.3 Å². The molecule has 0 aliphatic carbocycles. The Kier molecular flexibility index (Phi) is 6.62. The number of nitrogens with zero attached hydrogens (tertiary/aromatic N) is 2. The largest absolute Gasteiger partial charge is 0.495 e. The Hall–Kier alpha value is -3.06. The van der Waals surface area contributed by atoms with Gasteiger partial charge in [0.2, 0.25) is 11.8 Å². The smallest absolute Gasteiger partial charge is 0.254 e. The molecule has 1 heterocycles. The lowest BCUT2D eigenvalue weighted by molar-refractivity contribution is -0.118. The van der Waals surface area contributed by atoms with E-state index in [0.29, 0.717) is 41.4 Å². The molecule has 1 N–H and O–H groups in total. The molecule has 3 rings (SSSR count). The highest BCUT2D eigenvalue weighted by Crippen LogP contribution is 2.30. The summed E-state index contributed by atoms with van der Waals surface area (Å²) in [6, 6.07) is 10.2. The summed E-state index contributed by atoms with van der Waals surface area (Å²) in [7, 11) is 3.06. The van der Waals surface area contributed by atoms with E-state index >= 15 is 0 Å². The van der Waals surface area contributed by atoms with E-state index in [1.165, 1.54) is 12.0 Å². The van der Waals surface area contributed by atoms with Crippen LogP contribution in [0, 0.1) is 0 Å². The molecule has 8 heteroatoms. The van der Waals surface area contributed by atoms with Gasteiger partial charge in [0.05, 0.1) is 19.3 Å². The predicted octanol–water partition coefficient (Wildman–Crippen LogP) is 3.36. The molecule has 158 valence electrons. The highest BCUT2D eigenvalue weighted by Gasteiger charge is 2.25. The number of rotatable bonds is 6. The zero-order chi connectivity index (χ0) is 21.8. The Labute approximate surface area is 180 Å². The molecule has 0 saturated carbocycles. The van der Waals surface area contributed by atoms with Gasteiger partial charge in [-0.2, -0.15) is 0 Å². The number of amides is 3. The second-order valence-corrected chi connectivity index (χ2v) is 7.48. The molecule has 0 fully saturated rings. The summed E-state index contributed by atoms with van der Waals surface area (Å²) in [5.41, 5.74) is 2.74. The van der Waals surface area contributed by atoms with Crippen molar-refractivity contribution in [3.63, 3.8) is 0 Å². The van der Waals surface area contributed by atoms with Gasteiger partial charge in [0.1, 0.15) is 5.75 Å². The number of nitrogens with one attached hydrogen (secondary N) is 1. The molecule has 1 aliphatic rings. The summed E-state index contributed by atoms with van der Waals surface area (Å²) in [5.74, 6) is -0.0943. The fourth-order valence-electron chi connectivity index (χ4n) is 3.46. The second kappa shape index (κ2) is 9.17. The molecule has 0 saturated heterocycles. The van der Waals surface area contributed by atoms with Gasteiger partial charge in [-0.3, -0.25) is 14.4 Å². The number of halogens is 1. The van der Waals surface area contributed by atoms with Crippen LogP contribution in [0.4, 0.5) is 11.4 Å². The first kappa shape index (κ1) is 21.6. The van der Waals surface area contributed by atoms with Crippen molar-refractivity contribution in [2.45, 2.75) is 19.8 Å². The van der Waals surface area contributed by atoms with Crippen LogP contribution >= 0.6 is 11.6 Å². The molecule has 3 amide bonds. The average Bonchev–Trinajstić information content (AvgIpc) is 3.15. The molecule has 2 aromatic rings. The van der Waals surface area contributed by atoms with Crippen molar-refractivity contribution in [2.75, 3.05) is 37.5 Å². The van der Waals surface area contributed by atoms with E-state index in [1.807, 2.05) is 6.92 Å². The third-order valence-corrected chi connectivity index (χ3v) is 5.22. The van der Waals surface area contributed by atoms with Crippen LogP contribution in [-0.4, -0.2) is 49.9 Å². The van der Waals surface area contributed by atoms with Crippen molar-refractivity contribution in [2.24, 2.45) is 0 Å². The molecule has 30 heavy (non-hydrogen) atoms. The molecular formula is C22H24ClN3O4. The van der Waals surface area contributed by atoms with Gasteiger partial charge in [-0.1, -0.05) is 18.5 Å². The first-order chi connectivity index (χ1) is 14.3. The maximum Gasteiger partial charge on any atom is 0.254 e. The topological polar surface area (TPSA) is 79.0 Å². The van der Waals surface area contributed by atoms with Gasteiger partial charge in [-0.05, 0) is 48.4 Å². The number of methoxy groups -OCH3 is 1. The minimum atomic E-state index is -0.368. The fraction of sp³-hybridized carbons (Fsp3) is 0.318. The monoisotopic (exact) mass is 429 g/mol. The van der Waals surface area contributed by atoms with Gasteiger partial charge >= 0.3 is 0 Å². The Morgan fingerprint density at radius 2 is 1.97 bits per heavy atom. The first-order valence-electron chi connectivity index (χ1n) is 9.66. The van der Waals surface area contributed by atoms with Crippen molar-refractivity contribution in [3.8, 4) is 5.75 Å². The second-order valence-electron chi connectivity index (χ2n) is 7.05. The molecular weight excluding hydrogens is 406 g/mol. The first-order valence-corrected chi connectivity index (χ1v) is 10.0. The molecule has 0 radical (unpaired) electrons. The normalized spacial score (nSPS) is 12.3.